The first-order valence-electron chi connectivity index (χ1n) is 7.28. The summed E-state index contributed by atoms with van der Waals surface area (Å²) in [6.45, 7) is 2.06. The van der Waals surface area contributed by atoms with E-state index >= 15 is 0 Å². The molecule has 1 aromatic heterocycles. The first-order chi connectivity index (χ1) is 11.1. The van der Waals surface area contributed by atoms with Crippen LogP contribution in [-0.4, -0.2) is 9.97 Å². The fourth-order valence-electron chi connectivity index (χ4n) is 2.28. The Hall–Kier alpha value is -1.42. The molecule has 2 aromatic carbocycles. The van der Waals surface area contributed by atoms with Crippen molar-refractivity contribution in [1.29, 1.82) is 0 Å². The van der Waals surface area contributed by atoms with Gasteiger partial charge in [-0.05, 0) is 30.2 Å². The maximum atomic E-state index is 6.21. The Morgan fingerprint density at radius 1 is 1.09 bits per heavy atom. The molecule has 5 heteroatoms. The molecule has 0 saturated carbocycles. The van der Waals surface area contributed by atoms with Gasteiger partial charge in [0.25, 0.3) is 0 Å². The van der Waals surface area contributed by atoms with E-state index in [9.17, 15) is 0 Å². The predicted octanol–water partition coefficient (Wildman–Crippen LogP) is 5.91. The van der Waals surface area contributed by atoms with E-state index in [0.717, 1.165) is 34.3 Å². The van der Waals surface area contributed by atoms with E-state index in [2.05, 4.69) is 36.2 Å². The third-order valence-corrected chi connectivity index (χ3v) is 5.07. The van der Waals surface area contributed by atoms with Crippen LogP contribution in [0.1, 0.15) is 22.5 Å². The number of H-pyrrole nitrogens is 1. The summed E-state index contributed by atoms with van der Waals surface area (Å²) in [5.74, 6) is 0.758. The van der Waals surface area contributed by atoms with Crippen LogP contribution in [0.2, 0.25) is 10.0 Å². The molecular formula is C18H16Cl2N2S. The van der Waals surface area contributed by atoms with Gasteiger partial charge in [-0.3, -0.25) is 0 Å². The van der Waals surface area contributed by atoms with Crippen molar-refractivity contribution in [1.82, 2.24) is 9.97 Å². The summed E-state index contributed by atoms with van der Waals surface area (Å²) >= 11 is 13.8. The highest BCUT2D eigenvalue weighted by molar-refractivity contribution is 7.98. The van der Waals surface area contributed by atoms with Crippen LogP contribution in [-0.2, 0) is 12.2 Å². The van der Waals surface area contributed by atoms with Crippen LogP contribution in [0.25, 0.3) is 0 Å². The molecule has 0 fully saturated rings. The molecule has 1 N–H and O–H groups in total. The Morgan fingerprint density at radius 3 is 2.61 bits per heavy atom. The number of aromatic amines is 1. The van der Waals surface area contributed by atoms with Gasteiger partial charge in [0.2, 0.25) is 0 Å². The smallest absolute Gasteiger partial charge is 0.166 e. The van der Waals surface area contributed by atoms with Gasteiger partial charge in [0, 0.05) is 27.9 Å². The topological polar surface area (TPSA) is 28.7 Å². The van der Waals surface area contributed by atoms with E-state index in [4.69, 9.17) is 28.2 Å². The van der Waals surface area contributed by atoms with Gasteiger partial charge in [0.15, 0.2) is 5.16 Å². The molecule has 0 atom stereocenters. The number of imidazole rings is 1. The van der Waals surface area contributed by atoms with Gasteiger partial charge in [-0.1, -0.05) is 71.4 Å². The molecule has 0 aliphatic rings. The maximum absolute atomic E-state index is 6.21. The molecule has 118 valence electrons. The summed E-state index contributed by atoms with van der Waals surface area (Å²) in [6.07, 6.45) is 0.839. The largest absolute Gasteiger partial charge is 0.337 e. The zero-order valence-electron chi connectivity index (χ0n) is 12.6. The van der Waals surface area contributed by atoms with Crippen molar-refractivity contribution in [3.8, 4) is 0 Å². The normalized spacial score (nSPS) is 10.9. The molecule has 0 radical (unpaired) electrons. The van der Waals surface area contributed by atoms with Crippen LogP contribution < -0.4 is 0 Å². The summed E-state index contributed by atoms with van der Waals surface area (Å²) in [5.41, 5.74) is 4.51. The lowest BCUT2D eigenvalue weighted by molar-refractivity contribution is 1.01. The first kappa shape index (κ1) is 16.4. The summed E-state index contributed by atoms with van der Waals surface area (Å²) in [7, 11) is 0. The van der Waals surface area contributed by atoms with E-state index in [1.165, 1.54) is 5.56 Å². The number of aryl methyl sites for hydroxylation is 1. The number of rotatable bonds is 5. The molecule has 0 unspecified atom stereocenters. The average molecular weight is 363 g/mol. The second kappa shape index (κ2) is 7.43. The minimum atomic E-state index is 0.655. The minimum absolute atomic E-state index is 0.655. The monoisotopic (exact) mass is 362 g/mol. The zero-order chi connectivity index (χ0) is 16.2. The number of benzene rings is 2. The van der Waals surface area contributed by atoms with Crippen LogP contribution in [0.15, 0.2) is 53.7 Å². The molecule has 0 aliphatic carbocycles. The van der Waals surface area contributed by atoms with Crippen molar-refractivity contribution in [3.05, 3.63) is 81.1 Å². The summed E-state index contributed by atoms with van der Waals surface area (Å²) < 4.78 is 0. The van der Waals surface area contributed by atoms with Crippen molar-refractivity contribution >= 4 is 35.0 Å². The van der Waals surface area contributed by atoms with Gasteiger partial charge in [-0.2, -0.15) is 0 Å². The summed E-state index contributed by atoms with van der Waals surface area (Å²) in [6, 6.07) is 16.0. The minimum Gasteiger partial charge on any atom is -0.337 e. The standard InChI is InChI=1S/C18H16Cl2N2S/c1-12-17(9-13-5-3-2-4-6-13)22-18(21-12)23-11-14-7-8-15(19)10-16(14)20/h2-8,10H,9,11H2,1H3,(H,21,22). The highest BCUT2D eigenvalue weighted by atomic mass is 35.5. The fourth-order valence-corrected chi connectivity index (χ4v) is 3.78. The summed E-state index contributed by atoms with van der Waals surface area (Å²) in [5, 5.41) is 2.26. The van der Waals surface area contributed by atoms with Crippen LogP contribution >= 0.6 is 35.0 Å². The zero-order valence-corrected chi connectivity index (χ0v) is 15.0. The predicted molar refractivity (Wildman–Crippen MR) is 98.6 cm³/mol. The van der Waals surface area contributed by atoms with Gasteiger partial charge < -0.3 is 4.98 Å². The molecule has 0 spiro atoms. The third kappa shape index (κ3) is 4.31. The summed E-state index contributed by atoms with van der Waals surface area (Å²) in [4.78, 5) is 8.05. The van der Waals surface area contributed by atoms with Crippen LogP contribution in [0.3, 0.4) is 0 Å². The van der Waals surface area contributed by atoms with E-state index < -0.39 is 0 Å². The molecule has 3 aromatic rings. The molecule has 0 bridgehead atoms. The Kier molecular flexibility index (Phi) is 5.31. The lowest BCUT2D eigenvalue weighted by Crippen LogP contribution is -1.90. The van der Waals surface area contributed by atoms with Crippen molar-refractivity contribution in [2.45, 2.75) is 24.3 Å². The quantitative estimate of drug-likeness (QED) is 0.571. The number of nitrogens with one attached hydrogen (secondary N) is 1. The molecular weight excluding hydrogens is 347 g/mol. The lowest BCUT2D eigenvalue weighted by atomic mass is 10.1. The Balaban J connectivity index is 1.68. The van der Waals surface area contributed by atoms with Gasteiger partial charge >= 0.3 is 0 Å². The number of hydrogen-bond donors (Lipinski definition) is 1. The van der Waals surface area contributed by atoms with Crippen LogP contribution in [0, 0.1) is 6.92 Å². The van der Waals surface area contributed by atoms with Crippen LogP contribution in [0.4, 0.5) is 0 Å². The van der Waals surface area contributed by atoms with E-state index in [0.29, 0.717) is 10.0 Å². The molecule has 2 nitrogen and oxygen atoms in total. The van der Waals surface area contributed by atoms with Gasteiger partial charge in [0.1, 0.15) is 0 Å². The average Bonchev–Trinajstić information content (AvgIpc) is 2.87. The maximum Gasteiger partial charge on any atom is 0.166 e. The molecule has 23 heavy (non-hydrogen) atoms. The van der Waals surface area contributed by atoms with E-state index in [-0.39, 0.29) is 0 Å². The Bertz CT molecular complexity index is 800. The van der Waals surface area contributed by atoms with E-state index in [1.807, 2.05) is 18.2 Å². The molecule has 3 rings (SSSR count). The SMILES string of the molecule is Cc1[nH]c(SCc2ccc(Cl)cc2Cl)nc1Cc1ccccc1. The van der Waals surface area contributed by atoms with Gasteiger partial charge in [-0.15, -0.1) is 0 Å². The molecule has 0 aliphatic heterocycles. The number of nitrogens with zero attached hydrogens (tertiary/aromatic N) is 1. The highest BCUT2D eigenvalue weighted by Gasteiger charge is 2.09. The van der Waals surface area contributed by atoms with E-state index in [1.54, 1.807) is 17.8 Å². The van der Waals surface area contributed by atoms with Crippen molar-refractivity contribution in [2.75, 3.05) is 0 Å². The Labute approximate surface area is 150 Å². The fraction of sp³-hybridized carbons (Fsp3) is 0.167. The van der Waals surface area contributed by atoms with Crippen molar-refractivity contribution in [2.24, 2.45) is 0 Å². The third-order valence-electron chi connectivity index (χ3n) is 3.56. The number of aromatic nitrogens is 2. The number of thioether (sulfide) groups is 1. The number of hydrogen-bond acceptors (Lipinski definition) is 2. The molecule has 0 saturated heterocycles. The van der Waals surface area contributed by atoms with Gasteiger partial charge in [0.05, 0.1) is 5.69 Å². The van der Waals surface area contributed by atoms with Crippen molar-refractivity contribution < 1.29 is 0 Å². The number of halogens is 2. The molecule has 1 heterocycles. The van der Waals surface area contributed by atoms with Gasteiger partial charge in [-0.25, -0.2) is 4.98 Å². The first-order valence-corrected chi connectivity index (χ1v) is 9.02. The lowest BCUT2D eigenvalue weighted by Gasteiger charge is -2.03. The highest BCUT2D eigenvalue weighted by Crippen LogP contribution is 2.28. The Morgan fingerprint density at radius 2 is 1.87 bits per heavy atom. The van der Waals surface area contributed by atoms with Crippen molar-refractivity contribution in [3.63, 3.8) is 0 Å². The second-order valence-electron chi connectivity index (χ2n) is 5.30. The molecule has 0 amide bonds. The second-order valence-corrected chi connectivity index (χ2v) is 7.11. The van der Waals surface area contributed by atoms with Crippen LogP contribution in [0.5, 0.6) is 0 Å².